The van der Waals surface area contributed by atoms with Gasteiger partial charge in [-0.25, -0.2) is 0 Å². The number of nitrogens with zero attached hydrogens (tertiary/aromatic N) is 1. The Kier molecular flexibility index (Phi) is 11.8. The maximum Gasteiger partial charge on any atom is 0.250 e. The van der Waals surface area contributed by atoms with Crippen LogP contribution in [0.1, 0.15) is 45.1 Å². The minimum atomic E-state index is -0.745. The standard InChI is InChI=1S/C31H36N4O4S.ClH/c1-20(36)10-4-7-17-28(37)33-25-15-9-16-27-29(25)40-19-26(34-30(38)21(2)32-3)31(39)35(27)18-23-13-8-12-22-11-5-6-14-24(22)23;/h5-6,8-9,11-16,21,26,32H,4,7,10,17-19H2,1-3H3,(H,33,37)(H,34,38);1H/t21-,26-;/m0./s1. The third-order valence-corrected chi connectivity index (χ3v) is 8.27. The van der Waals surface area contributed by atoms with Crippen LogP contribution >= 0.6 is 24.2 Å². The SMILES string of the molecule is CN[C@@H](C)C(=O)N[C@H]1CSc2c(NC(=O)CCCCC(C)=O)cccc2N(Cc2cccc3ccccc23)C1=O.Cl. The van der Waals surface area contributed by atoms with E-state index in [9.17, 15) is 19.2 Å². The molecule has 3 aromatic carbocycles. The first-order valence-corrected chi connectivity index (χ1v) is 14.6. The van der Waals surface area contributed by atoms with Crippen LogP contribution in [-0.4, -0.2) is 48.4 Å². The molecule has 0 radical (unpaired) electrons. The lowest BCUT2D eigenvalue weighted by Gasteiger charge is -2.27. The average molecular weight is 597 g/mol. The molecule has 0 fully saturated rings. The zero-order valence-corrected chi connectivity index (χ0v) is 25.2. The summed E-state index contributed by atoms with van der Waals surface area (Å²) in [6.07, 6.45) is 2.07. The van der Waals surface area contributed by atoms with Crippen molar-refractivity contribution in [2.45, 2.75) is 63.1 Å². The van der Waals surface area contributed by atoms with E-state index in [1.807, 2.05) is 60.7 Å². The van der Waals surface area contributed by atoms with Crippen LogP contribution in [0.2, 0.25) is 0 Å². The molecule has 1 aliphatic heterocycles. The number of hydrogen-bond acceptors (Lipinski definition) is 6. The number of unbranched alkanes of at least 4 members (excludes halogenated alkanes) is 1. The van der Waals surface area contributed by atoms with E-state index in [4.69, 9.17) is 0 Å². The molecular weight excluding hydrogens is 560 g/mol. The van der Waals surface area contributed by atoms with Crippen molar-refractivity contribution in [3.8, 4) is 0 Å². The van der Waals surface area contributed by atoms with Gasteiger partial charge in [0.15, 0.2) is 0 Å². The monoisotopic (exact) mass is 596 g/mol. The van der Waals surface area contributed by atoms with Crippen molar-refractivity contribution in [2.24, 2.45) is 0 Å². The third-order valence-electron chi connectivity index (χ3n) is 7.05. The third kappa shape index (κ3) is 8.09. The number of halogens is 1. The molecule has 0 spiro atoms. The lowest BCUT2D eigenvalue weighted by molar-refractivity contribution is -0.128. The molecule has 4 rings (SSSR count). The van der Waals surface area contributed by atoms with E-state index < -0.39 is 12.1 Å². The van der Waals surface area contributed by atoms with Crippen LogP contribution in [0.4, 0.5) is 11.4 Å². The number of rotatable bonds is 11. The first-order valence-electron chi connectivity index (χ1n) is 13.6. The zero-order valence-electron chi connectivity index (χ0n) is 23.6. The van der Waals surface area contributed by atoms with Crippen molar-refractivity contribution in [1.29, 1.82) is 0 Å². The van der Waals surface area contributed by atoms with Crippen LogP contribution < -0.4 is 20.9 Å². The van der Waals surface area contributed by atoms with Gasteiger partial charge in [-0.1, -0.05) is 48.5 Å². The molecule has 0 saturated carbocycles. The van der Waals surface area contributed by atoms with Crippen LogP contribution in [0.3, 0.4) is 0 Å². The Hall–Kier alpha value is -3.40. The van der Waals surface area contributed by atoms with Crippen LogP contribution in [0, 0.1) is 0 Å². The summed E-state index contributed by atoms with van der Waals surface area (Å²) in [7, 11) is 1.70. The number of thioether (sulfide) groups is 1. The summed E-state index contributed by atoms with van der Waals surface area (Å²) in [4.78, 5) is 53.3. The van der Waals surface area contributed by atoms with Gasteiger partial charge in [-0.15, -0.1) is 24.2 Å². The molecule has 8 nitrogen and oxygen atoms in total. The molecule has 0 aliphatic carbocycles. The van der Waals surface area contributed by atoms with Gasteiger partial charge in [0.2, 0.25) is 11.8 Å². The van der Waals surface area contributed by atoms with Crippen LogP contribution in [0.15, 0.2) is 65.6 Å². The normalized spacial score (nSPS) is 15.3. The lowest BCUT2D eigenvalue weighted by Crippen LogP contribution is -2.53. The van der Waals surface area contributed by atoms with Gasteiger partial charge in [-0.2, -0.15) is 0 Å². The number of nitrogens with one attached hydrogen (secondary N) is 3. The number of ketones is 1. The number of likely N-dealkylation sites (N-methyl/N-ethyl adjacent to an activating group) is 1. The molecule has 10 heteroatoms. The number of fused-ring (bicyclic) bond motifs is 2. The van der Waals surface area contributed by atoms with Gasteiger partial charge in [0.25, 0.3) is 5.91 Å². The molecule has 3 aromatic rings. The smallest absolute Gasteiger partial charge is 0.250 e. The van der Waals surface area contributed by atoms with Crippen LogP contribution in [-0.2, 0) is 25.7 Å². The number of carbonyl (C=O) groups is 4. The molecular formula is C31H37ClN4O4S. The molecule has 1 aliphatic rings. The summed E-state index contributed by atoms with van der Waals surface area (Å²) in [6.45, 7) is 3.61. The lowest BCUT2D eigenvalue weighted by atomic mass is 10.0. The second-order valence-corrected chi connectivity index (χ2v) is 11.1. The number of hydrogen-bond donors (Lipinski definition) is 3. The van der Waals surface area contributed by atoms with Gasteiger partial charge >= 0.3 is 0 Å². The van der Waals surface area contributed by atoms with E-state index in [1.54, 1.807) is 25.8 Å². The zero-order chi connectivity index (χ0) is 28.6. The number of Topliss-reactive ketones (excluding diaryl/α,β-unsaturated/α-hetero) is 1. The van der Waals surface area contributed by atoms with Gasteiger partial charge in [0.1, 0.15) is 11.8 Å². The maximum absolute atomic E-state index is 14.0. The molecule has 0 bridgehead atoms. The number of anilines is 2. The highest BCUT2D eigenvalue weighted by Gasteiger charge is 2.34. The average Bonchev–Trinajstić information content (AvgIpc) is 3.07. The molecule has 2 atom stereocenters. The Bertz CT molecular complexity index is 1410. The van der Waals surface area contributed by atoms with Gasteiger partial charge in [-0.3, -0.25) is 14.4 Å². The topological polar surface area (TPSA) is 108 Å². The largest absolute Gasteiger partial charge is 0.342 e. The van der Waals surface area contributed by atoms with Gasteiger partial charge in [0, 0.05) is 18.6 Å². The molecule has 3 amide bonds. The Morgan fingerprint density at radius 3 is 2.46 bits per heavy atom. The Morgan fingerprint density at radius 1 is 1.00 bits per heavy atom. The summed E-state index contributed by atoms with van der Waals surface area (Å²) in [5, 5.41) is 11.0. The fourth-order valence-electron chi connectivity index (χ4n) is 4.70. The molecule has 41 heavy (non-hydrogen) atoms. The summed E-state index contributed by atoms with van der Waals surface area (Å²) in [5.74, 6) is -0.153. The second-order valence-electron chi connectivity index (χ2n) is 10.1. The Morgan fingerprint density at radius 2 is 1.71 bits per heavy atom. The minimum absolute atomic E-state index is 0. The predicted molar refractivity (Wildman–Crippen MR) is 168 cm³/mol. The number of amides is 3. The van der Waals surface area contributed by atoms with Crippen LogP contribution in [0.25, 0.3) is 10.8 Å². The van der Waals surface area contributed by atoms with Crippen molar-refractivity contribution < 1.29 is 19.2 Å². The van der Waals surface area contributed by atoms with E-state index in [0.717, 1.165) is 21.2 Å². The van der Waals surface area contributed by atoms with Gasteiger partial charge in [-0.05, 0) is 62.2 Å². The predicted octanol–water partition coefficient (Wildman–Crippen LogP) is 5.08. The second kappa shape index (κ2) is 15.0. The van der Waals surface area contributed by atoms with Crippen molar-refractivity contribution in [3.05, 3.63) is 66.2 Å². The van der Waals surface area contributed by atoms with E-state index in [0.29, 0.717) is 49.4 Å². The van der Waals surface area contributed by atoms with Gasteiger partial charge in [0.05, 0.1) is 28.9 Å². The molecule has 3 N–H and O–H groups in total. The van der Waals surface area contributed by atoms with E-state index in [-0.39, 0.29) is 35.9 Å². The fourth-order valence-corrected chi connectivity index (χ4v) is 5.86. The highest BCUT2D eigenvalue weighted by molar-refractivity contribution is 7.99. The first kappa shape index (κ1) is 32.1. The number of carbonyl (C=O) groups excluding carboxylic acids is 4. The highest BCUT2D eigenvalue weighted by Crippen LogP contribution is 2.41. The van der Waals surface area contributed by atoms with Crippen molar-refractivity contribution >= 4 is 69.8 Å². The fraction of sp³-hybridized carbons (Fsp3) is 0.355. The minimum Gasteiger partial charge on any atom is -0.342 e. The van der Waals surface area contributed by atoms with Crippen molar-refractivity contribution in [1.82, 2.24) is 10.6 Å². The van der Waals surface area contributed by atoms with Gasteiger partial charge < -0.3 is 25.6 Å². The highest BCUT2D eigenvalue weighted by atomic mass is 35.5. The Labute approximate surface area is 251 Å². The van der Waals surface area contributed by atoms with E-state index in [2.05, 4.69) is 16.0 Å². The molecule has 1 heterocycles. The summed E-state index contributed by atoms with van der Waals surface area (Å²) < 4.78 is 0. The number of benzene rings is 3. The summed E-state index contributed by atoms with van der Waals surface area (Å²) >= 11 is 1.44. The molecule has 0 unspecified atom stereocenters. The Balaban J connectivity index is 0.00000462. The molecule has 0 aromatic heterocycles. The maximum atomic E-state index is 14.0. The molecule has 0 saturated heterocycles. The quantitative estimate of drug-likeness (QED) is 0.267. The first-order chi connectivity index (χ1) is 19.3. The van der Waals surface area contributed by atoms with E-state index >= 15 is 0 Å². The van der Waals surface area contributed by atoms with Crippen molar-refractivity contribution in [3.63, 3.8) is 0 Å². The summed E-state index contributed by atoms with van der Waals surface area (Å²) in [5.41, 5.74) is 2.30. The van der Waals surface area contributed by atoms with Crippen molar-refractivity contribution in [2.75, 3.05) is 23.0 Å². The van der Waals surface area contributed by atoms with E-state index in [1.165, 1.54) is 11.8 Å². The summed E-state index contributed by atoms with van der Waals surface area (Å²) in [6, 6.07) is 18.4. The van der Waals surface area contributed by atoms with Crippen LogP contribution in [0.5, 0.6) is 0 Å². The molecule has 218 valence electrons.